The first kappa shape index (κ1) is 21.2. The predicted molar refractivity (Wildman–Crippen MR) is 120 cm³/mol. The number of aryl methyl sites for hydroxylation is 2. The summed E-state index contributed by atoms with van der Waals surface area (Å²) in [6.07, 6.45) is 11.0. The summed E-state index contributed by atoms with van der Waals surface area (Å²) in [5.41, 5.74) is 5.75. The molecule has 2 nitrogen and oxygen atoms in total. The van der Waals surface area contributed by atoms with Gasteiger partial charge in [-0.3, -0.25) is 0 Å². The van der Waals surface area contributed by atoms with Crippen molar-refractivity contribution in [2.45, 2.75) is 71.8 Å². The molecule has 0 radical (unpaired) electrons. The Hall–Kier alpha value is -2.48. The Balaban J connectivity index is 1.55. The van der Waals surface area contributed by atoms with E-state index in [1.165, 1.54) is 22.4 Å². The molecule has 152 valence electrons. The van der Waals surface area contributed by atoms with E-state index in [-0.39, 0.29) is 10.8 Å². The number of pyridine rings is 2. The second-order valence-corrected chi connectivity index (χ2v) is 10.1. The van der Waals surface area contributed by atoms with Crippen LogP contribution in [-0.2, 0) is 23.8 Å². The number of rotatable bonds is 5. The van der Waals surface area contributed by atoms with Crippen LogP contribution in [0.15, 0.2) is 73.3 Å². The van der Waals surface area contributed by atoms with Crippen molar-refractivity contribution in [1.82, 2.24) is 0 Å². The fourth-order valence-corrected chi connectivity index (χ4v) is 3.51. The summed E-state index contributed by atoms with van der Waals surface area (Å²) in [5.74, 6) is 0. The summed E-state index contributed by atoms with van der Waals surface area (Å²) >= 11 is 0. The molecule has 0 amide bonds. The minimum atomic E-state index is 0.189. The molecule has 0 unspecified atom stereocenters. The average molecular weight is 389 g/mol. The molecule has 2 heteroatoms. The van der Waals surface area contributed by atoms with Gasteiger partial charge < -0.3 is 0 Å². The molecule has 2 heterocycles. The molecule has 0 atom stereocenters. The minimum Gasteiger partial charge on any atom is -0.205 e. The Morgan fingerprint density at radius 1 is 0.621 bits per heavy atom. The Kier molecular flexibility index (Phi) is 6.21. The minimum absolute atomic E-state index is 0.189. The highest BCUT2D eigenvalue weighted by atomic mass is 14.9. The van der Waals surface area contributed by atoms with E-state index in [2.05, 4.69) is 124 Å². The van der Waals surface area contributed by atoms with Crippen LogP contribution in [0.5, 0.6) is 0 Å². The van der Waals surface area contributed by atoms with Gasteiger partial charge in [-0.15, -0.1) is 0 Å². The largest absolute Gasteiger partial charge is 0.210 e. The van der Waals surface area contributed by atoms with Crippen molar-refractivity contribution in [3.8, 4) is 5.69 Å². The van der Waals surface area contributed by atoms with E-state index in [4.69, 9.17) is 0 Å². The SMILES string of the molecule is CC(C)(C)c1cc[n+](CCCc2ccc(-[n+]3ccc(C(C)(C)C)cc3)cc2)cc1. The molecule has 3 rings (SSSR count). The second-order valence-electron chi connectivity index (χ2n) is 10.1. The third kappa shape index (κ3) is 5.76. The fourth-order valence-electron chi connectivity index (χ4n) is 3.51. The number of benzene rings is 1. The van der Waals surface area contributed by atoms with Crippen LogP contribution in [0, 0.1) is 0 Å². The lowest BCUT2D eigenvalue weighted by Crippen LogP contribution is -2.33. The lowest BCUT2D eigenvalue weighted by molar-refractivity contribution is -0.697. The van der Waals surface area contributed by atoms with E-state index in [0.717, 1.165) is 19.4 Å². The molecule has 0 aliphatic carbocycles. The van der Waals surface area contributed by atoms with Crippen LogP contribution < -0.4 is 9.13 Å². The highest BCUT2D eigenvalue weighted by molar-refractivity contribution is 5.28. The average Bonchev–Trinajstić information content (AvgIpc) is 2.68. The van der Waals surface area contributed by atoms with Crippen LogP contribution in [0.3, 0.4) is 0 Å². The van der Waals surface area contributed by atoms with Gasteiger partial charge in [-0.25, -0.2) is 4.57 Å². The predicted octanol–water partition coefficient (Wildman–Crippen LogP) is 5.48. The number of hydrogen-bond donors (Lipinski definition) is 0. The van der Waals surface area contributed by atoms with Gasteiger partial charge in [-0.05, 0) is 33.9 Å². The van der Waals surface area contributed by atoms with Crippen molar-refractivity contribution >= 4 is 0 Å². The molecule has 29 heavy (non-hydrogen) atoms. The monoisotopic (exact) mass is 388 g/mol. The van der Waals surface area contributed by atoms with Gasteiger partial charge in [0, 0.05) is 42.8 Å². The van der Waals surface area contributed by atoms with E-state index in [9.17, 15) is 0 Å². The molecular formula is C27H36N2+2. The number of hydrogen-bond acceptors (Lipinski definition) is 0. The molecule has 0 fully saturated rings. The zero-order valence-corrected chi connectivity index (χ0v) is 18.9. The first-order valence-electron chi connectivity index (χ1n) is 10.7. The molecule has 0 aliphatic heterocycles. The molecule has 3 aromatic rings. The van der Waals surface area contributed by atoms with Gasteiger partial charge in [0.25, 0.3) is 0 Å². The normalized spacial score (nSPS) is 12.2. The van der Waals surface area contributed by atoms with Crippen molar-refractivity contribution in [2.24, 2.45) is 0 Å². The first-order chi connectivity index (χ1) is 13.6. The Morgan fingerprint density at radius 2 is 1.10 bits per heavy atom. The summed E-state index contributed by atoms with van der Waals surface area (Å²) in [6, 6.07) is 17.9. The van der Waals surface area contributed by atoms with Crippen LogP contribution in [-0.4, -0.2) is 0 Å². The lowest BCUT2D eigenvalue weighted by Gasteiger charge is -2.17. The summed E-state index contributed by atoms with van der Waals surface area (Å²) < 4.78 is 4.47. The highest BCUT2D eigenvalue weighted by Gasteiger charge is 2.16. The zero-order valence-electron chi connectivity index (χ0n) is 18.9. The maximum Gasteiger partial charge on any atom is 0.210 e. The van der Waals surface area contributed by atoms with Gasteiger partial charge in [0.2, 0.25) is 5.69 Å². The van der Waals surface area contributed by atoms with E-state index in [1.807, 2.05) is 0 Å². The Bertz CT molecular complexity index is 907. The number of aromatic nitrogens is 2. The Morgan fingerprint density at radius 3 is 1.59 bits per heavy atom. The maximum absolute atomic E-state index is 2.29. The molecule has 0 saturated carbocycles. The van der Waals surface area contributed by atoms with E-state index < -0.39 is 0 Å². The summed E-state index contributed by atoms with van der Waals surface area (Å²) in [7, 11) is 0. The molecule has 0 bridgehead atoms. The van der Waals surface area contributed by atoms with Crippen LogP contribution in [0.25, 0.3) is 5.69 Å². The van der Waals surface area contributed by atoms with Gasteiger partial charge in [-0.1, -0.05) is 53.7 Å². The molecule has 0 saturated heterocycles. The lowest BCUT2D eigenvalue weighted by atomic mass is 9.88. The van der Waals surface area contributed by atoms with Crippen LogP contribution >= 0.6 is 0 Å². The van der Waals surface area contributed by atoms with Crippen LogP contribution in [0.2, 0.25) is 0 Å². The molecular weight excluding hydrogens is 352 g/mol. The second kappa shape index (κ2) is 8.49. The van der Waals surface area contributed by atoms with Crippen LogP contribution in [0.1, 0.15) is 64.7 Å². The summed E-state index contributed by atoms with van der Waals surface area (Å²) in [6.45, 7) is 14.6. The molecule has 0 spiro atoms. The molecule has 1 aromatic carbocycles. The molecule has 0 N–H and O–H groups in total. The standard InChI is InChI=1S/C27H36N2/c1-26(2,3)23-13-18-28(19-14-23)17-7-8-22-9-11-25(12-10-22)29-20-15-24(16-21-29)27(4,5)6/h9-16,18-21H,7-8,17H2,1-6H3/q+2. The van der Waals surface area contributed by atoms with Gasteiger partial charge in [0.05, 0.1) is 0 Å². The van der Waals surface area contributed by atoms with Gasteiger partial charge in [0.1, 0.15) is 6.54 Å². The van der Waals surface area contributed by atoms with E-state index in [1.54, 1.807) is 0 Å². The van der Waals surface area contributed by atoms with Gasteiger partial charge in [-0.2, -0.15) is 4.57 Å². The quantitative estimate of drug-likeness (QED) is 0.511. The summed E-state index contributed by atoms with van der Waals surface area (Å²) in [4.78, 5) is 0. The third-order valence-electron chi connectivity index (χ3n) is 5.57. The zero-order chi connectivity index (χ0) is 21.1. The first-order valence-corrected chi connectivity index (χ1v) is 10.7. The van der Waals surface area contributed by atoms with E-state index >= 15 is 0 Å². The van der Waals surface area contributed by atoms with Crippen molar-refractivity contribution in [3.05, 3.63) is 90.0 Å². The van der Waals surface area contributed by atoms with Crippen molar-refractivity contribution in [3.63, 3.8) is 0 Å². The van der Waals surface area contributed by atoms with Crippen molar-refractivity contribution in [1.29, 1.82) is 0 Å². The highest BCUT2D eigenvalue weighted by Crippen LogP contribution is 2.21. The molecule has 0 aliphatic rings. The van der Waals surface area contributed by atoms with Crippen LogP contribution in [0.4, 0.5) is 0 Å². The fraction of sp³-hybridized carbons (Fsp3) is 0.407. The molecule has 2 aromatic heterocycles. The number of nitrogens with zero attached hydrogens (tertiary/aromatic N) is 2. The van der Waals surface area contributed by atoms with Crippen molar-refractivity contribution in [2.75, 3.05) is 0 Å². The summed E-state index contributed by atoms with van der Waals surface area (Å²) in [5, 5.41) is 0. The topological polar surface area (TPSA) is 7.76 Å². The van der Waals surface area contributed by atoms with Gasteiger partial charge >= 0.3 is 0 Å². The van der Waals surface area contributed by atoms with E-state index in [0.29, 0.717) is 0 Å². The van der Waals surface area contributed by atoms with Gasteiger partial charge in [0.15, 0.2) is 24.8 Å². The Labute approximate surface area is 176 Å². The maximum atomic E-state index is 2.29. The smallest absolute Gasteiger partial charge is 0.205 e. The third-order valence-corrected chi connectivity index (χ3v) is 5.57. The van der Waals surface area contributed by atoms with Crippen molar-refractivity contribution < 1.29 is 9.13 Å².